The van der Waals surface area contributed by atoms with Crippen molar-refractivity contribution >= 4 is 5.97 Å². The Labute approximate surface area is 256 Å². The average molecular weight is 619 g/mol. The van der Waals surface area contributed by atoms with Crippen molar-refractivity contribution < 1.29 is 58.0 Å². The third-order valence-corrected chi connectivity index (χ3v) is 8.07. The molecule has 3 aliphatic rings. The van der Waals surface area contributed by atoms with Gasteiger partial charge in [0.25, 0.3) is 0 Å². The van der Waals surface area contributed by atoms with Crippen molar-refractivity contribution in [2.75, 3.05) is 33.5 Å². The molecule has 0 amide bonds. The largest absolute Gasteiger partial charge is 0.497 e. The van der Waals surface area contributed by atoms with E-state index in [0.29, 0.717) is 31.8 Å². The molecule has 0 aliphatic carbocycles. The Bertz CT molecular complexity index is 1210. The highest BCUT2D eigenvalue weighted by Gasteiger charge is 2.53. The van der Waals surface area contributed by atoms with Crippen LogP contribution in [0.1, 0.15) is 49.3 Å². The van der Waals surface area contributed by atoms with Gasteiger partial charge >= 0.3 is 5.97 Å². The maximum atomic E-state index is 12.3. The van der Waals surface area contributed by atoms with Crippen LogP contribution in [0.5, 0.6) is 11.5 Å². The van der Waals surface area contributed by atoms with E-state index in [1.807, 2.05) is 36.4 Å². The molecule has 5 rings (SSSR count). The van der Waals surface area contributed by atoms with Gasteiger partial charge in [-0.3, -0.25) is 0 Å². The Morgan fingerprint density at radius 2 is 1.66 bits per heavy atom. The Balaban J connectivity index is 1.29. The zero-order valence-electron chi connectivity index (χ0n) is 25.1. The minimum atomic E-state index is -1.95. The number of methoxy groups -OCH3 is 1. The van der Waals surface area contributed by atoms with Crippen molar-refractivity contribution in [2.45, 2.75) is 88.4 Å². The lowest BCUT2D eigenvalue weighted by Gasteiger charge is -2.46. The van der Waals surface area contributed by atoms with Crippen molar-refractivity contribution in [3.63, 3.8) is 0 Å². The summed E-state index contributed by atoms with van der Waals surface area (Å²) in [5.41, 5.74) is 0.635. The van der Waals surface area contributed by atoms with Gasteiger partial charge in [-0.05, 0) is 54.7 Å². The normalized spacial score (nSPS) is 30.3. The molecular formula is C32H42O12. The van der Waals surface area contributed by atoms with Crippen molar-refractivity contribution in [2.24, 2.45) is 0 Å². The highest BCUT2D eigenvalue weighted by Crippen LogP contribution is 2.34. The van der Waals surface area contributed by atoms with Crippen molar-refractivity contribution in [3.8, 4) is 11.5 Å². The smallest absolute Gasteiger partial charge is 0.332 e. The molecule has 0 bridgehead atoms. The van der Waals surface area contributed by atoms with Crippen molar-refractivity contribution in [1.82, 2.24) is 0 Å². The van der Waals surface area contributed by atoms with E-state index >= 15 is 0 Å². The summed E-state index contributed by atoms with van der Waals surface area (Å²) in [6.07, 6.45) is -2.79. The van der Waals surface area contributed by atoms with E-state index in [4.69, 9.17) is 37.9 Å². The minimum Gasteiger partial charge on any atom is -0.497 e. The molecule has 12 nitrogen and oxygen atoms in total. The topological polar surface area (TPSA) is 152 Å². The fourth-order valence-electron chi connectivity index (χ4n) is 5.32. The highest BCUT2D eigenvalue weighted by molar-refractivity contribution is 5.70. The first-order chi connectivity index (χ1) is 21.2. The number of carbonyl (C=O) groups is 1. The van der Waals surface area contributed by atoms with E-state index in [1.54, 1.807) is 13.2 Å². The Morgan fingerprint density at radius 3 is 2.32 bits per heavy atom. The van der Waals surface area contributed by atoms with Crippen LogP contribution < -0.4 is 9.47 Å². The molecule has 12 heteroatoms. The first kappa shape index (κ1) is 32.6. The molecule has 2 unspecified atom stereocenters. The lowest BCUT2D eigenvalue weighted by molar-refractivity contribution is -0.309. The van der Waals surface area contributed by atoms with Crippen LogP contribution in [0.2, 0.25) is 0 Å². The van der Waals surface area contributed by atoms with Crippen LogP contribution in [0, 0.1) is 0 Å². The Morgan fingerprint density at radius 1 is 0.977 bits per heavy atom. The molecule has 0 saturated carbocycles. The van der Waals surface area contributed by atoms with E-state index in [0.717, 1.165) is 41.7 Å². The van der Waals surface area contributed by atoms with Gasteiger partial charge in [0.2, 0.25) is 6.29 Å². The fourth-order valence-corrected chi connectivity index (χ4v) is 5.32. The summed E-state index contributed by atoms with van der Waals surface area (Å²) in [5, 5.41) is 32.8. The summed E-state index contributed by atoms with van der Waals surface area (Å²) in [7, 11) is 1.60. The number of aliphatic hydroxyl groups excluding tert-OH is 2. The average Bonchev–Trinajstić information content (AvgIpc) is 3.75. The third kappa shape index (κ3) is 8.26. The standard InChI is InChI=1S/C32H42O12/c1-32(36)25(18-40-26(33)19-42-28-6-4-14-39-28)44-31(29(34)30(32)35)43-24-16-21(17-41-27-5-3-13-38-27)7-10-22(24)15-20-8-11-23(37-2)12-9-20/h7-12,16,25,27-31,34-36H,3-6,13-15,17-19H2,1-2H3/t25-,27?,28?,29-,30-,31+,32-/m1/s1. The van der Waals surface area contributed by atoms with Crippen molar-refractivity contribution in [3.05, 3.63) is 59.2 Å². The summed E-state index contributed by atoms with van der Waals surface area (Å²) >= 11 is 0. The van der Waals surface area contributed by atoms with Crippen LogP contribution in [0.25, 0.3) is 0 Å². The van der Waals surface area contributed by atoms with Crippen LogP contribution in [0.15, 0.2) is 42.5 Å². The number of benzene rings is 2. The van der Waals surface area contributed by atoms with Crippen LogP contribution in [0.3, 0.4) is 0 Å². The van der Waals surface area contributed by atoms with E-state index in [2.05, 4.69) is 0 Å². The molecule has 3 aliphatic heterocycles. The maximum Gasteiger partial charge on any atom is 0.332 e. The zero-order chi connectivity index (χ0) is 31.1. The van der Waals surface area contributed by atoms with E-state index < -0.39 is 49.1 Å². The van der Waals surface area contributed by atoms with Gasteiger partial charge < -0.3 is 53.2 Å². The Hall–Kier alpha value is -2.81. The maximum absolute atomic E-state index is 12.3. The number of esters is 1. The molecule has 3 fully saturated rings. The molecule has 0 aromatic heterocycles. The SMILES string of the molecule is COc1ccc(Cc2ccc(COC3CCCO3)cc2O[C@H]2O[C@H](COC(=O)COC3CCCO3)[C@@](C)(O)[C@H](O)[C@H]2O)cc1. The quantitative estimate of drug-likeness (QED) is 0.282. The van der Waals surface area contributed by atoms with Crippen LogP contribution in [0.4, 0.5) is 0 Å². The van der Waals surface area contributed by atoms with Gasteiger partial charge in [-0.2, -0.15) is 0 Å². The second kappa shape index (κ2) is 15.0. The van der Waals surface area contributed by atoms with Gasteiger partial charge in [-0.25, -0.2) is 4.79 Å². The number of carbonyl (C=O) groups excluding carboxylic acids is 1. The second-order valence-corrected chi connectivity index (χ2v) is 11.4. The predicted molar refractivity (Wildman–Crippen MR) is 154 cm³/mol. The van der Waals surface area contributed by atoms with Crippen LogP contribution in [-0.4, -0.2) is 97.6 Å². The summed E-state index contributed by atoms with van der Waals surface area (Å²) in [4.78, 5) is 12.3. The number of hydrogen-bond donors (Lipinski definition) is 3. The predicted octanol–water partition coefficient (Wildman–Crippen LogP) is 2.21. The van der Waals surface area contributed by atoms with Gasteiger partial charge in [0.05, 0.1) is 13.7 Å². The second-order valence-electron chi connectivity index (χ2n) is 11.4. The molecule has 2 aromatic rings. The molecule has 44 heavy (non-hydrogen) atoms. The van der Waals surface area contributed by atoms with Crippen LogP contribution in [-0.2, 0) is 46.2 Å². The first-order valence-corrected chi connectivity index (χ1v) is 15.0. The number of hydrogen-bond acceptors (Lipinski definition) is 12. The van der Waals surface area contributed by atoms with Gasteiger partial charge in [-0.1, -0.05) is 24.3 Å². The fraction of sp³-hybridized carbons (Fsp3) is 0.594. The van der Waals surface area contributed by atoms with Gasteiger partial charge in [0.1, 0.15) is 48.6 Å². The molecule has 7 atom stereocenters. The number of rotatable bonds is 13. The minimum absolute atomic E-state index is 0.265. The Kier molecular flexibility index (Phi) is 11.1. The monoisotopic (exact) mass is 618 g/mol. The van der Waals surface area contributed by atoms with Crippen molar-refractivity contribution in [1.29, 1.82) is 0 Å². The summed E-state index contributed by atoms with van der Waals surface area (Å²) < 4.78 is 44.9. The molecule has 0 radical (unpaired) electrons. The van der Waals surface area contributed by atoms with Gasteiger partial charge in [0, 0.05) is 32.5 Å². The van der Waals surface area contributed by atoms with E-state index in [1.165, 1.54) is 6.92 Å². The van der Waals surface area contributed by atoms with Gasteiger partial charge in [-0.15, -0.1) is 0 Å². The molecule has 0 spiro atoms. The molecule has 2 aromatic carbocycles. The third-order valence-electron chi connectivity index (χ3n) is 8.07. The number of aliphatic hydroxyl groups is 3. The van der Waals surface area contributed by atoms with Gasteiger partial charge in [0.15, 0.2) is 12.6 Å². The molecule has 3 heterocycles. The van der Waals surface area contributed by atoms with E-state index in [9.17, 15) is 20.1 Å². The zero-order valence-corrected chi connectivity index (χ0v) is 25.1. The first-order valence-electron chi connectivity index (χ1n) is 15.0. The molecule has 242 valence electrons. The summed E-state index contributed by atoms with van der Waals surface area (Å²) in [5.74, 6) is 0.447. The lowest BCUT2D eigenvalue weighted by Crippen LogP contribution is -2.66. The molecule has 3 saturated heterocycles. The number of ether oxygens (including phenoxy) is 8. The molecule has 3 N–H and O–H groups in total. The lowest BCUT2D eigenvalue weighted by atomic mass is 9.86. The van der Waals surface area contributed by atoms with E-state index in [-0.39, 0.29) is 19.5 Å². The highest BCUT2D eigenvalue weighted by atomic mass is 16.7. The van der Waals surface area contributed by atoms with Crippen LogP contribution >= 0.6 is 0 Å². The summed E-state index contributed by atoms with van der Waals surface area (Å²) in [6.45, 7) is 2.09. The summed E-state index contributed by atoms with van der Waals surface area (Å²) in [6, 6.07) is 13.2. The molecular weight excluding hydrogens is 576 g/mol.